The van der Waals surface area contributed by atoms with E-state index in [0.717, 1.165) is 59.4 Å². The van der Waals surface area contributed by atoms with Crippen molar-refractivity contribution in [2.45, 2.75) is 77.3 Å². The highest BCUT2D eigenvalue weighted by Crippen LogP contribution is 2.39. The Hall–Kier alpha value is -5.18. The van der Waals surface area contributed by atoms with Gasteiger partial charge in [-0.3, -0.25) is 14.5 Å². The van der Waals surface area contributed by atoms with E-state index < -0.39 is 23.5 Å². The summed E-state index contributed by atoms with van der Waals surface area (Å²) in [5, 5.41) is 18.0. The molecule has 4 N–H and O–H groups in total. The highest BCUT2D eigenvalue weighted by molar-refractivity contribution is 7.17. The second-order valence-electron chi connectivity index (χ2n) is 15.4. The fourth-order valence-corrected chi connectivity index (χ4v) is 8.89. The van der Waals surface area contributed by atoms with Crippen LogP contribution in [-0.4, -0.2) is 84.2 Å². The van der Waals surface area contributed by atoms with E-state index in [0.29, 0.717) is 73.7 Å². The Morgan fingerprint density at radius 3 is 2.31 bits per heavy atom. The van der Waals surface area contributed by atoms with E-state index in [4.69, 9.17) is 9.84 Å². The number of aryl methyl sites for hydroxylation is 2. The number of carbonyl (C=O) groups excluding carboxylic acids is 4. The number of anilines is 2. The SMILES string of the molecule is COC(=O)c1ccc(CCc2c(F)cc(NC(=O)c3c(NC(=O)c4cccc(CN5CCN(C(=O)NCCCCO)CC5(C)C)c4)sc4c3CCCC4)cc2F)cc1. The first-order valence-corrected chi connectivity index (χ1v) is 20.6. The Kier molecular flexibility index (Phi) is 13.9. The summed E-state index contributed by atoms with van der Waals surface area (Å²) in [6.07, 6.45) is 5.01. The number of aliphatic hydroxyl groups excluding tert-OH is 1. The molecule has 4 aromatic rings. The van der Waals surface area contributed by atoms with Crippen LogP contribution in [0.2, 0.25) is 0 Å². The van der Waals surface area contributed by atoms with Crippen LogP contribution in [0.4, 0.5) is 24.3 Å². The Bertz CT molecular complexity index is 2120. The fourth-order valence-electron chi connectivity index (χ4n) is 7.60. The first kappa shape index (κ1) is 42.4. The molecular weight excluding hydrogens is 765 g/mol. The number of hydrogen-bond donors (Lipinski definition) is 4. The number of amides is 4. The maximum Gasteiger partial charge on any atom is 0.337 e. The zero-order valence-electron chi connectivity index (χ0n) is 33.2. The van der Waals surface area contributed by atoms with Gasteiger partial charge in [0, 0.05) is 66.6 Å². The zero-order valence-corrected chi connectivity index (χ0v) is 34.0. The molecule has 1 aliphatic carbocycles. The monoisotopic (exact) mass is 815 g/mol. The molecule has 11 nitrogen and oxygen atoms in total. The molecule has 1 saturated heterocycles. The average molecular weight is 816 g/mol. The molecule has 308 valence electrons. The number of hydrogen-bond acceptors (Lipinski definition) is 8. The molecule has 6 rings (SSSR count). The van der Waals surface area contributed by atoms with Crippen molar-refractivity contribution < 1.29 is 37.8 Å². The Morgan fingerprint density at radius 1 is 0.862 bits per heavy atom. The lowest BCUT2D eigenvalue weighted by molar-refractivity contribution is 0.0297. The fraction of sp³-hybridized carbons (Fsp3) is 0.409. The third-order valence-electron chi connectivity index (χ3n) is 10.8. The summed E-state index contributed by atoms with van der Waals surface area (Å²) in [5.41, 5.74) is 3.19. The van der Waals surface area contributed by atoms with E-state index in [2.05, 4.69) is 34.7 Å². The molecule has 1 fully saturated rings. The number of rotatable bonds is 14. The third-order valence-corrected chi connectivity index (χ3v) is 12.1. The van der Waals surface area contributed by atoms with Gasteiger partial charge in [0.05, 0.1) is 18.2 Å². The van der Waals surface area contributed by atoms with Crippen molar-refractivity contribution in [2.24, 2.45) is 0 Å². The lowest BCUT2D eigenvalue weighted by Gasteiger charge is -2.47. The van der Waals surface area contributed by atoms with E-state index in [1.54, 1.807) is 30.3 Å². The molecule has 2 aliphatic rings. The smallest absolute Gasteiger partial charge is 0.337 e. The Morgan fingerprint density at radius 2 is 1.60 bits per heavy atom. The molecule has 0 spiro atoms. The molecule has 1 aromatic heterocycles. The maximum absolute atomic E-state index is 15.3. The average Bonchev–Trinajstić information content (AvgIpc) is 3.57. The second-order valence-corrected chi connectivity index (χ2v) is 16.6. The summed E-state index contributed by atoms with van der Waals surface area (Å²) in [6, 6.07) is 16.1. The molecule has 4 amide bonds. The van der Waals surface area contributed by atoms with Crippen LogP contribution in [-0.2, 0) is 37.0 Å². The highest BCUT2D eigenvalue weighted by atomic mass is 32.1. The third kappa shape index (κ3) is 10.3. The van der Waals surface area contributed by atoms with Gasteiger partial charge in [0.1, 0.15) is 16.6 Å². The minimum atomic E-state index is -0.789. The number of unbranched alkanes of at least 4 members (excludes halogenated alkanes) is 1. The van der Waals surface area contributed by atoms with E-state index >= 15 is 8.78 Å². The van der Waals surface area contributed by atoms with Crippen LogP contribution in [0.3, 0.4) is 0 Å². The van der Waals surface area contributed by atoms with Crippen molar-refractivity contribution in [3.05, 3.63) is 116 Å². The predicted octanol–water partition coefficient (Wildman–Crippen LogP) is 7.36. The van der Waals surface area contributed by atoms with Gasteiger partial charge >= 0.3 is 12.0 Å². The number of halogens is 2. The normalized spacial score (nSPS) is 15.0. The minimum absolute atomic E-state index is 0.0330. The van der Waals surface area contributed by atoms with Crippen molar-refractivity contribution in [1.82, 2.24) is 15.1 Å². The zero-order chi connectivity index (χ0) is 41.4. The Labute approximate surface area is 341 Å². The molecule has 3 aromatic carbocycles. The van der Waals surface area contributed by atoms with Gasteiger partial charge in [0.2, 0.25) is 0 Å². The number of methoxy groups -OCH3 is 1. The summed E-state index contributed by atoms with van der Waals surface area (Å²) in [4.78, 5) is 57.3. The van der Waals surface area contributed by atoms with E-state index in [1.807, 2.05) is 23.1 Å². The molecule has 0 saturated carbocycles. The van der Waals surface area contributed by atoms with Gasteiger partial charge in [-0.05, 0) is 118 Å². The molecule has 1 aliphatic heterocycles. The number of urea groups is 1. The molecular formula is C44H51F2N5O6S. The summed E-state index contributed by atoms with van der Waals surface area (Å²) >= 11 is 1.36. The molecule has 58 heavy (non-hydrogen) atoms. The molecule has 2 heterocycles. The number of piperazine rings is 1. The second kappa shape index (κ2) is 19.0. The standard InChI is InChI=1S/C44H51F2N5O6S/c1-44(2)27-50(43(56)47-19-6-7-22-52)20-21-51(44)26-29-9-8-10-31(23-29)39(53)49-41-38(34-11-4-5-12-37(34)58-41)40(54)48-32-24-35(45)33(36(46)25-32)18-15-28-13-16-30(17-14-28)42(55)57-3/h8-10,13-14,16-17,23-25,52H,4-7,11-12,15,18-22,26-27H2,1-3H3,(H,47,56)(H,48,54)(H,49,53). The number of nitrogens with zero attached hydrogens (tertiary/aromatic N) is 2. The van der Waals surface area contributed by atoms with E-state index in [1.165, 1.54) is 18.4 Å². The lowest BCUT2D eigenvalue weighted by atomic mass is 9.95. The molecule has 0 radical (unpaired) electrons. The maximum atomic E-state index is 15.3. The Balaban J connectivity index is 1.11. The van der Waals surface area contributed by atoms with Gasteiger partial charge < -0.3 is 30.7 Å². The lowest BCUT2D eigenvalue weighted by Crippen LogP contribution is -2.61. The predicted molar refractivity (Wildman–Crippen MR) is 221 cm³/mol. The van der Waals surface area contributed by atoms with Gasteiger partial charge in [-0.1, -0.05) is 24.3 Å². The number of esters is 1. The van der Waals surface area contributed by atoms with Crippen molar-refractivity contribution in [3.8, 4) is 0 Å². The molecule has 0 bridgehead atoms. The molecule has 14 heteroatoms. The van der Waals surface area contributed by atoms with Crippen LogP contribution in [0, 0.1) is 11.6 Å². The van der Waals surface area contributed by atoms with Crippen molar-refractivity contribution in [2.75, 3.05) is 50.5 Å². The topological polar surface area (TPSA) is 140 Å². The summed E-state index contributed by atoms with van der Waals surface area (Å²) in [6.45, 7) is 7.11. The van der Waals surface area contributed by atoms with Crippen LogP contribution in [0.15, 0.2) is 60.7 Å². The first-order valence-electron chi connectivity index (χ1n) is 19.8. The van der Waals surface area contributed by atoms with Crippen molar-refractivity contribution >= 4 is 45.8 Å². The van der Waals surface area contributed by atoms with Crippen LogP contribution < -0.4 is 16.0 Å². The van der Waals surface area contributed by atoms with Crippen LogP contribution in [0.5, 0.6) is 0 Å². The number of benzene rings is 3. The minimum Gasteiger partial charge on any atom is -0.465 e. The van der Waals surface area contributed by atoms with Gasteiger partial charge in [-0.2, -0.15) is 0 Å². The van der Waals surface area contributed by atoms with Crippen molar-refractivity contribution in [3.63, 3.8) is 0 Å². The summed E-state index contributed by atoms with van der Waals surface area (Å²) < 4.78 is 35.4. The van der Waals surface area contributed by atoms with E-state index in [-0.39, 0.29) is 41.8 Å². The van der Waals surface area contributed by atoms with Gasteiger partial charge in [-0.15, -0.1) is 11.3 Å². The van der Waals surface area contributed by atoms with Crippen molar-refractivity contribution in [1.29, 1.82) is 0 Å². The molecule has 0 atom stereocenters. The number of aliphatic hydroxyl groups is 1. The van der Waals surface area contributed by atoms with Crippen LogP contribution >= 0.6 is 11.3 Å². The highest BCUT2D eigenvalue weighted by Gasteiger charge is 2.35. The number of nitrogens with one attached hydrogen (secondary N) is 3. The number of carbonyl (C=O) groups is 4. The van der Waals surface area contributed by atoms with Gasteiger partial charge in [0.15, 0.2) is 0 Å². The number of fused-ring (bicyclic) bond motifs is 1. The summed E-state index contributed by atoms with van der Waals surface area (Å²) in [5.74, 6) is -2.98. The quantitative estimate of drug-likeness (QED) is 0.0771. The van der Waals surface area contributed by atoms with Gasteiger partial charge in [0.25, 0.3) is 11.8 Å². The van der Waals surface area contributed by atoms with E-state index in [9.17, 15) is 19.2 Å². The largest absolute Gasteiger partial charge is 0.465 e. The number of thiophene rings is 1. The van der Waals surface area contributed by atoms with Gasteiger partial charge in [-0.25, -0.2) is 18.4 Å². The number of ether oxygens (including phenoxy) is 1. The van der Waals surface area contributed by atoms with Crippen LogP contribution in [0.25, 0.3) is 0 Å². The first-order chi connectivity index (χ1) is 27.9. The molecule has 0 unspecified atom stereocenters. The summed E-state index contributed by atoms with van der Waals surface area (Å²) in [7, 11) is 1.29. The van der Waals surface area contributed by atoms with Crippen LogP contribution in [0.1, 0.15) is 97.7 Å².